The fraction of sp³-hybridized carbons (Fsp3) is 0.280. The number of aryl methyl sites for hydroxylation is 3. The van der Waals surface area contributed by atoms with Gasteiger partial charge in [-0.05, 0) is 96.1 Å². The summed E-state index contributed by atoms with van der Waals surface area (Å²) in [6.07, 6.45) is 4.14. The van der Waals surface area contributed by atoms with Crippen LogP contribution in [0.5, 0.6) is 5.75 Å². The molecule has 1 aliphatic rings. The van der Waals surface area contributed by atoms with Crippen molar-refractivity contribution in [2.75, 3.05) is 0 Å². The number of aromatic nitrogens is 5. The van der Waals surface area contributed by atoms with Crippen molar-refractivity contribution in [2.24, 2.45) is 7.05 Å². The second kappa shape index (κ2) is 8.07. The summed E-state index contributed by atoms with van der Waals surface area (Å²) in [6.45, 7) is 4.45. The fourth-order valence-corrected chi connectivity index (χ4v) is 4.00. The van der Waals surface area contributed by atoms with Crippen LogP contribution in [0.25, 0.3) is 16.9 Å². The van der Waals surface area contributed by atoms with Crippen molar-refractivity contribution in [3.05, 3.63) is 87.5 Å². The van der Waals surface area contributed by atoms with Gasteiger partial charge in [0.15, 0.2) is 0 Å². The topological polar surface area (TPSA) is 74.8 Å². The number of hydrogen-bond acceptors (Lipinski definition) is 5. The molecule has 5 rings (SSSR count). The molecule has 0 amide bonds. The molecule has 7 nitrogen and oxygen atoms in total. The van der Waals surface area contributed by atoms with E-state index in [0.29, 0.717) is 12.5 Å². The Hall–Kier alpha value is -3.74. The zero-order valence-electron chi connectivity index (χ0n) is 18.4. The van der Waals surface area contributed by atoms with Crippen molar-refractivity contribution >= 4 is 0 Å². The van der Waals surface area contributed by atoms with Gasteiger partial charge in [0.1, 0.15) is 12.4 Å². The van der Waals surface area contributed by atoms with Crippen LogP contribution in [0, 0.1) is 13.8 Å². The molecule has 0 aliphatic heterocycles. The molecule has 2 aromatic heterocycles. The molecule has 0 saturated heterocycles. The summed E-state index contributed by atoms with van der Waals surface area (Å²) in [4.78, 5) is 17.0. The van der Waals surface area contributed by atoms with E-state index >= 15 is 0 Å². The van der Waals surface area contributed by atoms with Gasteiger partial charge in [-0.25, -0.2) is 4.79 Å². The molecule has 4 aromatic rings. The van der Waals surface area contributed by atoms with E-state index in [1.807, 2.05) is 43.5 Å². The Morgan fingerprint density at radius 1 is 1.06 bits per heavy atom. The van der Waals surface area contributed by atoms with Crippen LogP contribution in [-0.2, 0) is 13.7 Å². The van der Waals surface area contributed by atoms with Crippen LogP contribution in [-0.4, -0.2) is 24.8 Å². The van der Waals surface area contributed by atoms with Crippen LogP contribution in [0.15, 0.2) is 59.5 Å². The third-order valence-electron chi connectivity index (χ3n) is 5.91. The van der Waals surface area contributed by atoms with Gasteiger partial charge in [-0.2, -0.15) is 9.36 Å². The molecule has 0 N–H and O–H groups in total. The first-order valence-electron chi connectivity index (χ1n) is 10.8. The highest BCUT2D eigenvalue weighted by Gasteiger charge is 2.28. The molecule has 7 heteroatoms. The number of pyridine rings is 1. The summed E-state index contributed by atoms with van der Waals surface area (Å²) in [7, 11) is 1.60. The van der Waals surface area contributed by atoms with Crippen LogP contribution in [0.1, 0.15) is 41.0 Å². The van der Waals surface area contributed by atoms with E-state index in [-0.39, 0.29) is 5.69 Å². The minimum absolute atomic E-state index is 0.273. The summed E-state index contributed by atoms with van der Waals surface area (Å²) in [5.41, 5.74) is 6.88. The minimum Gasteiger partial charge on any atom is -0.489 e. The molecular weight excluding hydrogens is 402 g/mol. The van der Waals surface area contributed by atoms with Gasteiger partial charge in [-0.15, -0.1) is 0 Å². The van der Waals surface area contributed by atoms with E-state index in [4.69, 9.17) is 4.74 Å². The second-order valence-electron chi connectivity index (χ2n) is 8.40. The maximum absolute atomic E-state index is 12.5. The highest BCUT2D eigenvalue weighted by atomic mass is 16.5. The third kappa shape index (κ3) is 3.82. The van der Waals surface area contributed by atoms with Crippen molar-refractivity contribution in [2.45, 2.75) is 39.2 Å². The lowest BCUT2D eigenvalue weighted by Gasteiger charge is -2.16. The zero-order valence-corrected chi connectivity index (χ0v) is 18.4. The van der Waals surface area contributed by atoms with Crippen molar-refractivity contribution < 1.29 is 4.74 Å². The quantitative estimate of drug-likeness (QED) is 0.463. The van der Waals surface area contributed by atoms with Gasteiger partial charge in [0.05, 0.1) is 11.4 Å². The van der Waals surface area contributed by atoms with Gasteiger partial charge >= 0.3 is 5.69 Å². The van der Waals surface area contributed by atoms with Gasteiger partial charge in [0, 0.05) is 24.4 Å². The molecule has 0 unspecified atom stereocenters. The largest absolute Gasteiger partial charge is 0.489 e. The van der Waals surface area contributed by atoms with E-state index < -0.39 is 0 Å². The molecule has 1 saturated carbocycles. The Balaban J connectivity index is 1.46. The van der Waals surface area contributed by atoms with Crippen LogP contribution in [0.2, 0.25) is 0 Å². The Morgan fingerprint density at radius 3 is 2.59 bits per heavy atom. The molecule has 162 valence electrons. The van der Waals surface area contributed by atoms with E-state index in [1.54, 1.807) is 7.05 Å². The fourth-order valence-electron chi connectivity index (χ4n) is 4.00. The molecule has 32 heavy (non-hydrogen) atoms. The van der Waals surface area contributed by atoms with E-state index in [2.05, 4.69) is 40.5 Å². The summed E-state index contributed by atoms with van der Waals surface area (Å²) in [5, 5.41) is 7.92. The SMILES string of the molecule is Cc1ccnc(-c2ccc(OCc3c(C4CC4)cccc3-n3nnn(C)c3=O)c(C)c2)c1. The van der Waals surface area contributed by atoms with Gasteiger partial charge < -0.3 is 4.74 Å². The number of benzene rings is 2. The second-order valence-corrected chi connectivity index (χ2v) is 8.40. The summed E-state index contributed by atoms with van der Waals surface area (Å²) < 4.78 is 8.86. The average molecular weight is 428 g/mol. The van der Waals surface area contributed by atoms with Gasteiger partial charge in [0.25, 0.3) is 0 Å². The molecule has 1 aliphatic carbocycles. The maximum atomic E-state index is 12.5. The monoisotopic (exact) mass is 427 g/mol. The molecule has 2 heterocycles. The first kappa shape index (κ1) is 20.2. The predicted molar refractivity (Wildman–Crippen MR) is 122 cm³/mol. The number of rotatable bonds is 6. The van der Waals surface area contributed by atoms with E-state index in [1.165, 1.54) is 20.5 Å². The molecule has 0 spiro atoms. The van der Waals surface area contributed by atoms with Crippen LogP contribution in [0.3, 0.4) is 0 Å². The van der Waals surface area contributed by atoms with E-state index in [9.17, 15) is 4.79 Å². The van der Waals surface area contributed by atoms with Gasteiger partial charge in [-0.3, -0.25) is 4.98 Å². The molecule has 1 fully saturated rings. The number of ether oxygens (including phenoxy) is 1. The van der Waals surface area contributed by atoms with Crippen molar-refractivity contribution in [3.8, 4) is 22.7 Å². The van der Waals surface area contributed by atoms with Crippen LogP contribution < -0.4 is 10.4 Å². The number of tetrazole rings is 1. The van der Waals surface area contributed by atoms with Gasteiger partial charge in [0.2, 0.25) is 0 Å². The molecule has 0 radical (unpaired) electrons. The molecule has 0 atom stereocenters. The number of nitrogens with zero attached hydrogens (tertiary/aromatic N) is 5. The van der Waals surface area contributed by atoms with Crippen molar-refractivity contribution in [3.63, 3.8) is 0 Å². The number of hydrogen-bond donors (Lipinski definition) is 0. The first-order chi connectivity index (χ1) is 15.5. The summed E-state index contributed by atoms with van der Waals surface area (Å²) in [5.74, 6) is 1.32. The van der Waals surface area contributed by atoms with Crippen LogP contribution >= 0.6 is 0 Å². The Morgan fingerprint density at radius 2 is 1.91 bits per heavy atom. The molecule has 0 bridgehead atoms. The molecule has 2 aromatic carbocycles. The highest BCUT2D eigenvalue weighted by Crippen LogP contribution is 2.43. The van der Waals surface area contributed by atoms with E-state index in [0.717, 1.165) is 46.7 Å². The third-order valence-corrected chi connectivity index (χ3v) is 5.91. The molecular formula is C25H25N5O2. The first-order valence-corrected chi connectivity index (χ1v) is 10.8. The highest BCUT2D eigenvalue weighted by molar-refractivity contribution is 5.62. The Kier molecular flexibility index (Phi) is 5.09. The summed E-state index contributed by atoms with van der Waals surface area (Å²) >= 11 is 0. The Labute approximate surface area is 186 Å². The normalized spacial score (nSPS) is 13.3. The minimum atomic E-state index is -0.273. The lowest BCUT2D eigenvalue weighted by Crippen LogP contribution is -2.23. The standard InChI is InChI=1S/C25H25N5O2/c1-16-11-12-26-22(13-16)19-9-10-24(17(2)14-19)32-15-21-20(18-7-8-18)5-4-6-23(21)30-25(31)29(3)27-28-30/h4-6,9-14,18H,7-8,15H2,1-3H3. The van der Waals surface area contributed by atoms with Crippen molar-refractivity contribution in [1.82, 2.24) is 24.8 Å². The lowest BCUT2D eigenvalue weighted by molar-refractivity contribution is 0.302. The Bertz CT molecular complexity index is 1350. The van der Waals surface area contributed by atoms with Crippen molar-refractivity contribution in [1.29, 1.82) is 0 Å². The smallest absolute Gasteiger partial charge is 0.368 e. The van der Waals surface area contributed by atoms with Crippen LogP contribution in [0.4, 0.5) is 0 Å². The van der Waals surface area contributed by atoms with Gasteiger partial charge in [-0.1, -0.05) is 12.1 Å². The lowest BCUT2D eigenvalue weighted by atomic mass is 10.0. The zero-order chi connectivity index (χ0) is 22.2. The summed E-state index contributed by atoms with van der Waals surface area (Å²) in [6, 6.07) is 16.2. The average Bonchev–Trinajstić information content (AvgIpc) is 3.58. The maximum Gasteiger partial charge on any atom is 0.368 e. The predicted octanol–water partition coefficient (Wildman–Crippen LogP) is 4.10.